The maximum absolute atomic E-state index is 14.5. The maximum Gasteiger partial charge on any atom is 0.472 e. The topological polar surface area (TPSA) is 167 Å². The first-order valence-corrected chi connectivity index (χ1v) is 19.5. The van der Waals surface area contributed by atoms with Crippen LogP contribution in [0.3, 0.4) is 0 Å². The lowest BCUT2D eigenvalue weighted by molar-refractivity contribution is -0.447. The van der Waals surface area contributed by atoms with Crippen LogP contribution in [-0.4, -0.2) is 152 Å². The average Bonchev–Trinajstić information content (AvgIpc) is 3.09. The van der Waals surface area contributed by atoms with Gasteiger partial charge >= 0.3 is 89.9 Å². The van der Waals surface area contributed by atoms with E-state index in [0.717, 1.165) is 0 Å². The number of sulfonamides is 2. The van der Waals surface area contributed by atoms with Gasteiger partial charge in [0.1, 0.15) is 0 Å². The van der Waals surface area contributed by atoms with Gasteiger partial charge < -0.3 is 11.0 Å². The van der Waals surface area contributed by atoms with Gasteiger partial charge in [-0.25, -0.2) is 21.4 Å². The molecule has 0 amide bonds. The summed E-state index contributed by atoms with van der Waals surface area (Å²) in [6.45, 7) is -12.5. The van der Waals surface area contributed by atoms with Crippen molar-refractivity contribution in [3.8, 4) is 0 Å². The van der Waals surface area contributed by atoms with E-state index in [1.807, 2.05) is 0 Å². The fourth-order valence-electron chi connectivity index (χ4n) is 4.00. The van der Waals surface area contributed by atoms with Gasteiger partial charge in [0, 0.05) is 26.2 Å². The number of hydrogen-bond donors (Lipinski definition) is 2. The van der Waals surface area contributed by atoms with Crippen LogP contribution in [0.5, 0.6) is 0 Å². The zero-order valence-electron chi connectivity index (χ0n) is 31.0. The van der Waals surface area contributed by atoms with Crippen molar-refractivity contribution in [3.63, 3.8) is 0 Å². The van der Waals surface area contributed by atoms with E-state index in [9.17, 15) is 158 Å². The molecular formula is C22H23F30N3O8PS2+. The predicted octanol–water partition coefficient (Wildman–Crippen LogP) is 9.46. The van der Waals surface area contributed by atoms with Gasteiger partial charge in [0.2, 0.25) is 0 Å². The molecule has 0 aromatic heterocycles. The van der Waals surface area contributed by atoms with Crippen LogP contribution in [-0.2, 0) is 33.7 Å². The van der Waals surface area contributed by atoms with Crippen LogP contribution >= 0.6 is 7.82 Å². The average molecular weight is 1120 g/mol. The smallest absolute Gasteiger partial charge is 0.369 e. The molecule has 0 saturated carbocycles. The quantitative estimate of drug-likeness (QED) is 0.0713. The van der Waals surface area contributed by atoms with Gasteiger partial charge in [-0.1, -0.05) is 13.8 Å². The van der Waals surface area contributed by atoms with Crippen molar-refractivity contribution in [3.05, 3.63) is 0 Å². The Morgan fingerprint density at radius 2 is 0.576 bits per heavy atom. The minimum Gasteiger partial charge on any atom is -0.369 e. The monoisotopic (exact) mass is 1120 g/mol. The van der Waals surface area contributed by atoms with E-state index in [4.69, 9.17) is 0 Å². The van der Waals surface area contributed by atoms with Crippen molar-refractivity contribution in [1.82, 2.24) is 14.8 Å². The molecule has 400 valence electrons. The molecule has 5 N–H and O–H groups in total. The minimum absolute atomic E-state index is 0. The molecule has 0 aliphatic carbocycles. The Bertz CT molecular complexity index is 1830. The Balaban J connectivity index is 0. The first-order chi connectivity index (χ1) is 27.8. The molecule has 0 aliphatic rings. The number of hydrogen-bond acceptors (Lipinski definition) is 7. The first kappa shape index (κ1) is 65.9. The van der Waals surface area contributed by atoms with E-state index in [0.29, 0.717) is 0 Å². The molecule has 0 aromatic rings. The summed E-state index contributed by atoms with van der Waals surface area (Å²) in [5.74, 6) is -87.6. The summed E-state index contributed by atoms with van der Waals surface area (Å²) < 4.78 is 470. The molecule has 11 nitrogen and oxygen atoms in total. The SMILES string of the molecule is CCN(CCOP(=O)(O)OCCN(CC)S(=O)(=O)C(F)(F)C(F)(F)C(F)(F)C(F)(F)C(F)(F)C(F)(F)C(F)(F)F)S(=O)(=O)C(F)(F)C(F)(F)C(F)(F)C(F)(F)C(F)(F)C(F)(F)C(F)(F)F.[NH4+]. The Morgan fingerprint density at radius 3 is 0.758 bits per heavy atom. The highest BCUT2D eigenvalue weighted by molar-refractivity contribution is 7.90. The molecule has 0 saturated heterocycles. The van der Waals surface area contributed by atoms with Gasteiger partial charge in [0.25, 0.3) is 20.0 Å². The van der Waals surface area contributed by atoms with Gasteiger partial charge in [-0.05, 0) is 0 Å². The molecule has 0 fully saturated rings. The van der Waals surface area contributed by atoms with Crippen LogP contribution in [0.15, 0.2) is 0 Å². The number of rotatable bonds is 24. The second-order valence-corrected chi connectivity index (χ2v) is 17.3. The number of likely N-dealkylation sites (N-methyl/N-ethyl adjacent to an activating group) is 2. The summed E-state index contributed by atoms with van der Waals surface area (Å²) in [4.78, 5) is 9.51. The second kappa shape index (κ2) is 18.5. The minimum atomic E-state index is -8.95. The molecule has 0 bridgehead atoms. The highest BCUT2D eigenvalue weighted by Gasteiger charge is 2.96. The normalized spacial score (nSPS) is 16.3. The van der Waals surface area contributed by atoms with Crippen LogP contribution in [0, 0.1) is 0 Å². The number of halogens is 30. The van der Waals surface area contributed by atoms with Crippen LogP contribution in [0.2, 0.25) is 0 Å². The second-order valence-electron chi connectivity index (χ2n) is 11.9. The van der Waals surface area contributed by atoms with Crippen LogP contribution in [0.1, 0.15) is 13.8 Å². The molecule has 0 aliphatic heterocycles. The van der Waals surface area contributed by atoms with Gasteiger partial charge in [-0.3, -0.25) is 9.05 Å². The Morgan fingerprint density at radius 1 is 0.394 bits per heavy atom. The lowest BCUT2D eigenvalue weighted by Crippen LogP contribution is -2.73. The molecule has 66 heavy (non-hydrogen) atoms. The molecule has 0 unspecified atom stereocenters. The van der Waals surface area contributed by atoms with E-state index in [-0.39, 0.29) is 20.0 Å². The van der Waals surface area contributed by atoms with E-state index in [1.165, 1.54) is 0 Å². The summed E-state index contributed by atoms with van der Waals surface area (Å²) >= 11 is 0. The van der Waals surface area contributed by atoms with Crippen molar-refractivity contribution in [2.45, 2.75) is 95.9 Å². The summed E-state index contributed by atoms with van der Waals surface area (Å²) in [6, 6.07) is 0. The molecule has 0 heterocycles. The largest absolute Gasteiger partial charge is 0.472 e. The third-order valence-electron chi connectivity index (χ3n) is 7.82. The van der Waals surface area contributed by atoms with Crippen molar-refractivity contribution in [1.29, 1.82) is 0 Å². The maximum atomic E-state index is 14.5. The van der Waals surface area contributed by atoms with Gasteiger partial charge in [0.05, 0.1) is 13.2 Å². The molecule has 0 rings (SSSR count). The summed E-state index contributed by atoms with van der Waals surface area (Å²) in [6.07, 6.45) is -16.1. The predicted molar refractivity (Wildman–Crippen MR) is 152 cm³/mol. The van der Waals surface area contributed by atoms with Crippen molar-refractivity contribution >= 4 is 27.9 Å². The van der Waals surface area contributed by atoms with Gasteiger partial charge in [-0.2, -0.15) is 140 Å². The highest BCUT2D eigenvalue weighted by atomic mass is 32.2. The molecule has 0 atom stereocenters. The van der Waals surface area contributed by atoms with Crippen LogP contribution in [0.25, 0.3) is 0 Å². The fourth-order valence-corrected chi connectivity index (χ4v) is 7.56. The summed E-state index contributed by atoms with van der Waals surface area (Å²) in [7, 11) is -22.2. The van der Waals surface area contributed by atoms with Crippen LogP contribution < -0.4 is 6.15 Å². The number of quaternary nitrogens is 1. The molecule has 0 radical (unpaired) electrons. The zero-order chi connectivity index (χ0) is 53.3. The zero-order valence-corrected chi connectivity index (χ0v) is 33.6. The van der Waals surface area contributed by atoms with Gasteiger partial charge in [0.15, 0.2) is 0 Å². The summed E-state index contributed by atoms with van der Waals surface area (Å²) in [5.41, 5.74) is 0. The third-order valence-corrected chi connectivity index (χ3v) is 12.9. The number of phosphoric acid groups is 1. The first-order valence-electron chi connectivity index (χ1n) is 15.1. The molecule has 44 heteroatoms. The van der Waals surface area contributed by atoms with E-state index < -0.39 is 158 Å². The van der Waals surface area contributed by atoms with E-state index in [1.54, 1.807) is 0 Å². The molecule has 0 aromatic carbocycles. The lowest BCUT2D eigenvalue weighted by atomic mass is 9.94. The van der Waals surface area contributed by atoms with Crippen LogP contribution in [0.4, 0.5) is 132 Å². The molecule has 0 spiro atoms. The summed E-state index contributed by atoms with van der Waals surface area (Å²) in [5, 5.41) is -16.0. The Labute approximate surface area is 345 Å². The fraction of sp³-hybridized carbons (Fsp3) is 1.00. The Kier molecular flexibility index (Phi) is 18.5. The van der Waals surface area contributed by atoms with E-state index in [2.05, 4.69) is 9.05 Å². The molecular weight excluding hydrogens is 1100 g/mol. The third kappa shape index (κ3) is 9.65. The standard InChI is InChI=1S/C22H19F30N2O8PS2.H3N/c1-3-53(64(57,58)21(49,50)17(39,40)13(31,32)9(23,24)11(27,28)15(35,36)19(43,44)45)5-7-61-63(55,56)62-8-6-54(4-2)65(59,60)22(51,52)18(41,42)14(33,34)10(25,26)12(29,30)16(37,38)20(46,47)48;/h3-8H2,1-2H3,(H,55,56);1H3/p+1. The number of alkyl halides is 30. The number of nitrogens with zero attached hydrogens (tertiary/aromatic N) is 2. The Hall–Kier alpha value is -2.21. The van der Waals surface area contributed by atoms with E-state index >= 15 is 0 Å². The number of phosphoric ester groups is 1. The van der Waals surface area contributed by atoms with Crippen molar-refractivity contribution in [2.75, 3.05) is 39.4 Å². The lowest BCUT2D eigenvalue weighted by Gasteiger charge is -2.41. The van der Waals surface area contributed by atoms with Gasteiger partial charge in [-0.15, -0.1) is 0 Å². The van der Waals surface area contributed by atoms with Crippen molar-refractivity contribution < 1.29 is 167 Å². The van der Waals surface area contributed by atoms with Crippen molar-refractivity contribution in [2.24, 2.45) is 0 Å². The highest BCUT2D eigenvalue weighted by Crippen LogP contribution is 2.65.